The van der Waals surface area contributed by atoms with Crippen LogP contribution in [0.4, 0.5) is 0 Å². The van der Waals surface area contributed by atoms with Crippen LogP contribution < -0.4 is 0 Å². The Balaban J connectivity index is 3.20. The Bertz CT molecular complexity index is 829. The van der Waals surface area contributed by atoms with Gasteiger partial charge in [-0.2, -0.15) is 0 Å². The molecule has 0 aromatic rings. The predicted molar refractivity (Wildman–Crippen MR) is 127 cm³/mol. The number of hydrogen-bond acceptors (Lipinski definition) is 8. The molecule has 0 fully saturated rings. The lowest BCUT2D eigenvalue weighted by atomic mass is 9.90. The molecule has 0 aromatic carbocycles. The molecule has 0 saturated carbocycles. The van der Waals surface area contributed by atoms with E-state index >= 15 is 0 Å². The van der Waals surface area contributed by atoms with Crippen molar-refractivity contribution in [2.24, 2.45) is 0 Å². The zero-order valence-corrected chi connectivity index (χ0v) is 21.1. The summed E-state index contributed by atoms with van der Waals surface area (Å²) in [5.41, 5.74) is -1.76. The fourth-order valence-corrected chi connectivity index (χ4v) is 3.87. The van der Waals surface area contributed by atoms with Gasteiger partial charge in [-0.15, -0.1) is 0 Å². The Hall–Kier alpha value is -2.45. The van der Waals surface area contributed by atoms with Crippen molar-refractivity contribution in [1.29, 1.82) is 0 Å². The smallest absolute Gasteiger partial charge is 0.305 e. The normalized spacial score (nSPS) is 20.8. The fraction of sp³-hybridized carbons (Fsp3) is 0.600. The maximum absolute atomic E-state index is 12.7. The van der Waals surface area contributed by atoms with Crippen LogP contribution in [0.25, 0.3) is 0 Å². The second-order valence-corrected chi connectivity index (χ2v) is 8.59. The van der Waals surface area contributed by atoms with Gasteiger partial charge in [0, 0.05) is 32.3 Å². The molecule has 0 aromatic heterocycles. The quantitative estimate of drug-likeness (QED) is 0.125. The fourth-order valence-electron chi connectivity index (χ4n) is 3.59. The van der Waals surface area contributed by atoms with Crippen LogP contribution in [-0.2, 0) is 33.4 Å². The van der Waals surface area contributed by atoms with Crippen LogP contribution in [0, 0.1) is 0 Å². The molecule has 0 radical (unpaired) electrons. The largest absolute Gasteiger partial charge is 0.469 e. The van der Waals surface area contributed by atoms with Crippen molar-refractivity contribution >= 4 is 35.3 Å². The van der Waals surface area contributed by atoms with Crippen molar-refractivity contribution in [3.8, 4) is 0 Å². The summed E-state index contributed by atoms with van der Waals surface area (Å²) >= 11 is 6.05. The molecule has 1 aliphatic rings. The lowest BCUT2D eigenvalue weighted by molar-refractivity contribution is -0.162. The van der Waals surface area contributed by atoms with Crippen LogP contribution in [0.5, 0.6) is 0 Å². The summed E-state index contributed by atoms with van der Waals surface area (Å²) in [7, 11) is 1.26. The summed E-state index contributed by atoms with van der Waals surface area (Å²) in [4.78, 5) is 47.7. The molecule has 34 heavy (non-hydrogen) atoms. The third-order valence-electron chi connectivity index (χ3n) is 5.28. The minimum Gasteiger partial charge on any atom is -0.469 e. The van der Waals surface area contributed by atoms with Crippen LogP contribution in [0.1, 0.15) is 72.1 Å². The molecular formula is C25H35ClO8. The van der Waals surface area contributed by atoms with Gasteiger partial charge in [0.1, 0.15) is 11.7 Å². The van der Waals surface area contributed by atoms with Crippen molar-refractivity contribution in [3.05, 3.63) is 34.9 Å². The van der Waals surface area contributed by atoms with Crippen LogP contribution in [0.2, 0.25) is 0 Å². The van der Waals surface area contributed by atoms with E-state index in [1.54, 1.807) is 6.08 Å². The molecule has 0 aliphatic heterocycles. The summed E-state index contributed by atoms with van der Waals surface area (Å²) in [6, 6.07) is 0. The first-order valence-electron chi connectivity index (χ1n) is 11.5. The maximum atomic E-state index is 12.7. The van der Waals surface area contributed by atoms with Crippen LogP contribution in [0.15, 0.2) is 34.9 Å². The Labute approximate surface area is 206 Å². The molecule has 3 atom stereocenters. The number of halogens is 1. The van der Waals surface area contributed by atoms with E-state index in [0.717, 1.165) is 25.7 Å². The molecule has 8 nitrogen and oxygen atoms in total. The Morgan fingerprint density at radius 1 is 1.12 bits per heavy atom. The standard InChI is InChI=1S/C25H35ClO8/c1-5-6-7-8-9-10-14-25(31)16-20(26)24(30)19(25)15-22(34-18(3)28)21(33-17(2)27)12-11-13-23(29)32-4/h9-10,15-16,21-22,31H,5-8,11-14H2,1-4H3/b10-9-,19-15?/t21-,22-,25+/m0/s1. The number of carbonyl (C=O) groups is 4. The number of Topliss-reactive ketones (excluding diaryl/α,β-unsaturated/α-hetero) is 1. The molecule has 1 rings (SSSR count). The van der Waals surface area contributed by atoms with Crippen LogP contribution >= 0.6 is 11.6 Å². The Morgan fingerprint density at radius 3 is 2.38 bits per heavy atom. The Kier molecular flexibility index (Phi) is 12.8. The maximum Gasteiger partial charge on any atom is 0.305 e. The number of carbonyl (C=O) groups excluding carboxylic acids is 4. The van der Waals surface area contributed by atoms with Gasteiger partial charge in [0.2, 0.25) is 5.78 Å². The second kappa shape index (κ2) is 14.7. The van der Waals surface area contributed by atoms with E-state index in [2.05, 4.69) is 11.7 Å². The Morgan fingerprint density at radius 2 is 1.79 bits per heavy atom. The highest BCUT2D eigenvalue weighted by Crippen LogP contribution is 2.37. The van der Waals surface area contributed by atoms with Gasteiger partial charge in [-0.25, -0.2) is 0 Å². The van der Waals surface area contributed by atoms with Crippen molar-refractivity contribution in [1.82, 2.24) is 0 Å². The highest BCUT2D eigenvalue weighted by atomic mass is 35.5. The highest BCUT2D eigenvalue weighted by molar-refractivity contribution is 6.46. The topological polar surface area (TPSA) is 116 Å². The molecule has 190 valence electrons. The van der Waals surface area contributed by atoms with Gasteiger partial charge in [0.05, 0.1) is 12.1 Å². The number of esters is 3. The summed E-state index contributed by atoms with van der Waals surface area (Å²) < 4.78 is 15.3. The zero-order chi connectivity index (χ0) is 25.7. The number of ether oxygens (including phenoxy) is 3. The van der Waals surface area contributed by atoms with E-state index in [-0.39, 0.29) is 36.3 Å². The van der Waals surface area contributed by atoms with Crippen LogP contribution in [0.3, 0.4) is 0 Å². The molecule has 0 saturated heterocycles. The first-order chi connectivity index (χ1) is 16.0. The van der Waals surface area contributed by atoms with Crippen molar-refractivity contribution in [3.63, 3.8) is 0 Å². The summed E-state index contributed by atoms with van der Waals surface area (Å²) in [5.74, 6) is -2.34. The molecule has 9 heteroatoms. The van der Waals surface area contributed by atoms with E-state index in [4.69, 9.17) is 21.1 Å². The van der Waals surface area contributed by atoms with Gasteiger partial charge in [-0.3, -0.25) is 19.2 Å². The molecule has 0 amide bonds. The van der Waals surface area contributed by atoms with E-state index < -0.39 is 41.5 Å². The number of methoxy groups -OCH3 is 1. The molecule has 0 spiro atoms. The number of hydrogen-bond donors (Lipinski definition) is 1. The van der Waals surface area contributed by atoms with Gasteiger partial charge in [0.25, 0.3) is 0 Å². The average Bonchev–Trinajstić information content (AvgIpc) is 2.97. The van der Waals surface area contributed by atoms with Gasteiger partial charge < -0.3 is 19.3 Å². The molecule has 1 aliphatic carbocycles. The molecule has 0 unspecified atom stereocenters. The lowest BCUT2D eigenvalue weighted by Gasteiger charge is -2.27. The summed E-state index contributed by atoms with van der Waals surface area (Å²) in [6.45, 7) is 4.49. The third-order valence-corrected chi connectivity index (χ3v) is 5.56. The predicted octanol–water partition coefficient (Wildman–Crippen LogP) is 4.08. The number of ketones is 1. The summed E-state index contributed by atoms with van der Waals surface area (Å²) in [5, 5.41) is 11.1. The first-order valence-corrected chi connectivity index (χ1v) is 11.9. The van der Waals surface area contributed by atoms with Gasteiger partial charge in [-0.05, 0) is 37.8 Å². The minimum absolute atomic E-state index is 0.0629. The highest BCUT2D eigenvalue weighted by Gasteiger charge is 2.42. The zero-order valence-electron chi connectivity index (χ0n) is 20.3. The van der Waals surface area contributed by atoms with Gasteiger partial charge >= 0.3 is 17.9 Å². The van der Waals surface area contributed by atoms with Crippen molar-refractivity contribution in [2.75, 3.05) is 7.11 Å². The van der Waals surface area contributed by atoms with Crippen molar-refractivity contribution < 1.29 is 38.5 Å². The monoisotopic (exact) mass is 498 g/mol. The van der Waals surface area contributed by atoms with E-state index in [0.29, 0.717) is 0 Å². The molecule has 1 N–H and O–H groups in total. The number of unbranched alkanes of at least 4 members (excludes halogenated alkanes) is 3. The molecule has 0 heterocycles. The molecule has 0 bridgehead atoms. The van der Waals surface area contributed by atoms with Crippen molar-refractivity contribution in [2.45, 2.75) is 89.9 Å². The average molecular weight is 499 g/mol. The first kappa shape index (κ1) is 29.6. The van der Waals surface area contributed by atoms with E-state index in [9.17, 15) is 24.3 Å². The summed E-state index contributed by atoms with van der Waals surface area (Å²) in [6.07, 6.45) is 8.77. The van der Waals surface area contributed by atoms with E-state index in [1.165, 1.54) is 33.1 Å². The number of aliphatic hydroxyl groups is 1. The SMILES string of the molecule is CCCCC/C=C\C[C@@]1(O)C=C(Cl)C(=O)C1=C[C@H](OC(C)=O)[C@H](CCCC(=O)OC)OC(C)=O. The van der Waals surface area contributed by atoms with Crippen LogP contribution in [-0.4, -0.2) is 53.7 Å². The van der Waals surface area contributed by atoms with Gasteiger partial charge in [0.15, 0.2) is 6.10 Å². The minimum atomic E-state index is -1.69. The third kappa shape index (κ3) is 9.81. The van der Waals surface area contributed by atoms with Gasteiger partial charge in [-0.1, -0.05) is 43.5 Å². The second-order valence-electron chi connectivity index (χ2n) is 8.19. The van der Waals surface area contributed by atoms with E-state index in [1.807, 2.05) is 6.08 Å². The lowest BCUT2D eigenvalue weighted by Crippen LogP contribution is -2.36. The number of allylic oxidation sites excluding steroid dienone is 2. The number of rotatable bonds is 14. The molecular weight excluding hydrogens is 464 g/mol.